The van der Waals surface area contributed by atoms with Crippen molar-refractivity contribution < 1.29 is 19.3 Å². The van der Waals surface area contributed by atoms with Gasteiger partial charge in [-0.3, -0.25) is 14.9 Å². The molecule has 0 unspecified atom stereocenters. The highest BCUT2D eigenvalue weighted by atomic mass is 19.1. The summed E-state index contributed by atoms with van der Waals surface area (Å²) < 4.78 is 15.3. The number of carbonyl (C=O) groups is 1. The Morgan fingerprint density at radius 3 is 2.66 bits per heavy atom. The van der Waals surface area contributed by atoms with Crippen molar-refractivity contribution in [2.45, 2.75) is 6.92 Å². The standard InChI is InChI=1S/C22H16FN5O4/c1-13-2-4-14(5-3-13)6-9-20(29)25-15-7-8-17(18(23)10-15)22-26-21-19(27(22)30)11-16(12-24-21)28(31)32/h2-12,30H,1H3,(H,25,29)/b9-6+. The number of halogens is 1. The molecule has 0 bridgehead atoms. The van der Waals surface area contributed by atoms with Gasteiger partial charge in [0.15, 0.2) is 11.5 Å². The molecule has 160 valence electrons. The van der Waals surface area contributed by atoms with Gasteiger partial charge in [0.1, 0.15) is 17.5 Å². The summed E-state index contributed by atoms with van der Waals surface area (Å²) in [5.74, 6) is -1.38. The highest BCUT2D eigenvalue weighted by molar-refractivity contribution is 6.02. The number of amides is 1. The molecule has 0 saturated carbocycles. The van der Waals surface area contributed by atoms with Gasteiger partial charge in [-0.05, 0) is 36.8 Å². The van der Waals surface area contributed by atoms with Gasteiger partial charge in [-0.25, -0.2) is 14.4 Å². The summed E-state index contributed by atoms with van der Waals surface area (Å²) in [4.78, 5) is 30.3. The lowest BCUT2D eigenvalue weighted by Gasteiger charge is -2.06. The predicted octanol–water partition coefficient (Wildman–Crippen LogP) is 4.34. The van der Waals surface area contributed by atoms with Crippen LogP contribution in [0.1, 0.15) is 11.1 Å². The van der Waals surface area contributed by atoms with E-state index in [1.54, 1.807) is 6.08 Å². The molecule has 0 aliphatic rings. The smallest absolute Gasteiger partial charge is 0.289 e. The van der Waals surface area contributed by atoms with Crippen LogP contribution in [0.3, 0.4) is 0 Å². The third kappa shape index (κ3) is 4.15. The lowest BCUT2D eigenvalue weighted by Crippen LogP contribution is -2.08. The molecular weight excluding hydrogens is 417 g/mol. The number of nitro groups is 1. The van der Waals surface area contributed by atoms with Gasteiger partial charge in [-0.15, -0.1) is 0 Å². The highest BCUT2D eigenvalue weighted by Gasteiger charge is 2.19. The Hall–Kier alpha value is -4.60. The molecule has 0 saturated heterocycles. The van der Waals surface area contributed by atoms with Crippen LogP contribution in [0.5, 0.6) is 0 Å². The van der Waals surface area contributed by atoms with Gasteiger partial charge in [0, 0.05) is 17.8 Å². The average Bonchev–Trinajstić information content (AvgIpc) is 3.09. The second-order valence-electron chi connectivity index (χ2n) is 6.97. The van der Waals surface area contributed by atoms with E-state index in [2.05, 4.69) is 15.3 Å². The normalized spacial score (nSPS) is 11.2. The van der Waals surface area contributed by atoms with Crippen molar-refractivity contribution in [3.8, 4) is 11.4 Å². The first-order valence-electron chi connectivity index (χ1n) is 9.39. The number of hydrogen-bond acceptors (Lipinski definition) is 6. The lowest BCUT2D eigenvalue weighted by molar-refractivity contribution is -0.385. The third-order valence-corrected chi connectivity index (χ3v) is 4.67. The topological polar surface area (TPSA) is 123 Å². The SMILES string of the molecule is Cc1ccc(/C=C/C(=O)Nc2ccc(-c3nc4ncc([N+](=O)[O-])cc4n3O)c(F)c2)cc1. The molecule has 2 aromatic heterocycles. The average molecular weight is 433 g/mol. The quantitative estimate of drug-likeness (QED) is 0.209. The van der Waals surface area contributed by atoms with Crippen molar-refractivity contribution in [1.29, 1.82) is 0 Å². The van der Waals surface area contributed by atoms with Crippen LogP contribution >= 0.6 is 0 Å². The number of aromatic nitrogens is 3. The number of nitrogens with one attached hydrogen (secondary N) is 1. The Balaban J connectivity index is 1.55. The summed E-state index contributed by atoms with van der Waals surface area (Å²) in [6, 6.07) is 12.5. The molecule has 1 amide bonds. The zero-order valence-corrected chi connectivity index (χ0v) is 16.7. The summed E-state index contributed by atoms with van der Waals surface area (Å²) in [5, 5.41) is 23.8. The van der Waals surface area contributed by atoms with Crippen molar-refractivity contribution >= 4 is 34.5 Å². The van der Waals surface area contributed by atoms with Crippen molar-refractivity contribution in [1.82, 2.24) is 14.7 Å². The fraction of sp³-hybridized carbons (Fsp3) is 0.0455. The van der Waals surface area contributed by atoms with E-state index in [4.69, 9.17) is 0 Å². The second kappa shape index (κ2) is 8.26. The number of hydrogen-bond donors (Lipinski definition) is 2. The molecule has 9 nitrogen and oxygen atoms in total. The summed E-state index contributed by atoms with van der Waals surface area (Å²) in [5.41, 5.74) is 1.74. The maximum Gasteiger partial charge on any atom is 0.289 e. The minimum Gasteiger partial charge on any atom is -0.426 e. The molecule has 4 rings (SSSR count). The molecule has 2 heterocycles. The number of pyridine rings is 1. The number of rotatable bonds is 5. The molecule has 0 aliphatic heterocycles. The fourth-order valence-electron chi connectivity index (χ4n) is 3.02. The van der Waals surface area contributed by atoms with E-state index in [1.807, 2.05) is 31.2 Å². The Morgan fingerprint density at radius 2 is 1.97 bits per heavy atom. The molecule has 0 fully saturated rings. The Morgan fingerprint density at radius 1 is 1.22 bits per heavy atom. The van der Waals surface area contributed by atoms with E-state index in [0.717, 1.165) is 29.5 Å². The first kappa shape index (κ1) is 20.7. The first-order valence-corrected chi connectivity index (χ1v) is 9.39. The lowest BCUT2D eigenvalue weighted by atomic mass is 10.1. The number of benzene rings is 2. The molecule has 2 N–H and O–H groups in total. The summed E-state index contributed by atoms with van der Waals surface area (Å²) >= 11 is 0. The van der Waals surface area contributed by atoms with E-state index < -0.39 is 16.6 Å². The summed E-state index contributed by atoms with van der Waals surface area (Å²) in [6.45, 7) is 1.96. The maximum absolute atomic E-state index is 14.7. The minimum atomic E-state index is -0.759. The van der Waals surface area contributed by atoms with Crippen LogP contribution in [0.4, 0.5) is 15.8 Å². The largest absolute Gasteiger partial charge is 0.426 e. The molecule has 0 spiro atoms. The van der Waals surface area contributed by atoms with Crippen LogP contribution in [-0.2, 0) is 4.79 Å². The number of aryl methyl sites for hydroxylation is 1. The molecule has 0 aliphatic carbocycles. The molecular formula is C22H16FN5O4. The Kier molecular flexibility index (Phi) is 5.34. The minimum absolute atomic E-state index is 0.0196. The van der Waals surface area contributed by atoms with E-state index in [9.17, 15) is 24.5 Å². The number of carbonyl (C=O) groups excluding carboxylic acids is 1. The molecule has 10 heteroatoms. The van der Waals surface area contributed by atoms with E-state index in [0.29, 0.717) is 4.73 Å². The van der Waals surface area contributed by atoms with Crippen molar-refractivity contribution in [3.05, 3.63) is 87.9 Å². The van der Waals surface area contributed by atoms with Crippen LogP contribution in [0.15, 0.2) is 60.8 Å². The maximum atomic E-state index is 14.7. The molecule has 0 radical (unpaired) electrons. The number of imidazole rings is 1. The summed E-state index contributed by atoms with van der Waals surface area (Å²) in [7, 11) is 0. The van der Waals surface area contributed by atoms with E-state index in [-0.39, 0.29) is 33.9 Å². The van der Waals surface area contributed by atoms with Gasteiger partial charge < -0.3 is 10.5 Å². The zero-order valence-electron chi connectivity index (χ0n) is 16.7. The highest BCUT2D eigenvalue weighted by Crippen LogP contribution is 2.28. The van der Waals surface area contributed by atoms with Gasteiger partial charge in [-0.1, -0.05) is 29.8 Å². The van der Waals surface area contributed by atoms with Crippen LogP contribution in [0, 0.1) is 22.9 Å². The van der Waals surface area contributed by atoms with E-state index >= 15 is 0 Å². The van der Waals surface area contributed by atoms with Crippen LogP contribution in [0.25, 0.3) is 28.6 Å². The fourth-order valence-corrected chi connectivity index (χ4v) is 3.02. The van der Waals surface area contributed by atoms with Gasteiger partial charge in [0.05, 0.1) is 10.5 Å². The third-order valence-electron chi connectivity index (χ3n) is 4.67. The van der Waals surface area contributed by atoms with Crippen LogP contribution in [-0.4, -0.2) is 30.7 Å². The van der Waals surface area contributed by atoms with Crippen molar-refractivity contribution in [3.63, 3.8) is 0 Å². The monoisotopic (exact) mass is 433 g/mol. The first-order chi connectivity index (χ1) is 15.3. The van der Waals surface area contributed by atoms with Gasteiger partial charge in [-0.2, -0.15) is 4.73 Å². The molecule has 32 heavy (non-hydrogen) atoms. The number of fused-ring (bicyclic) bond motifs is 1. The molecule has 0 atom stereocenters. The molecule has 4 aromatic rings. The van der Waals surface area contributed by atoms with Crippen LogP contribution < -0.4 is 5.32 Å². The van der Waals surface area contributed by atoms with Crippen molar-refractivity contribution in [2.24, 2.45) is 0 Å². The predicted molar refractivity (Wildman–Crippen MR) is 116 cm³/mol. The van der Waals surface area contributed by atoms with Crippen molar-refractivity contribution in [2.75, 3.05) is 5.32 Å². The zero-order chi connectivity index (χ0) is 22.8. The van der Waals surface area contributed by atoms with Gasteiger partial charge >= 0.3 is 0 Å². The number of nitrogens with zero attached hydrogens (tertiary/aromatic N) is 4. The molecule has 2 aromatic carbocycles. The number of anilines is 1. The van der Waals surface area contributed by atoms with Gasteiger partial charge in [0.2, 0.25) is 5.91 Å². The van der Waals surface area contributed by atoms with Gasteiger partial charge in [0.25, 0.3) is 5.69 Å². The Labute approximate surface area is 180 Å². The summed E-state index contributed by atoms with van der Waals surface area (Å²) in [6.07, 6.45) is 3.97. The van der Waals surface area contributed by atoms with E-state index in [1.165, 1.54) is 18.2 Å². The Bertz CT molecular complexity index is 1380. The van der Waals surface area contributed by atoms with Crippen LogP contribution in [0.2, 0.25) is 0 Å². The second-order valence-corrected chi connectivity index (χ2v) is 6.97.